The summed E-state index contributed by atoms with van der Waals surface area (Å²) in [4.78, 5) is 15.9. The first-order valence-corrected chi connectivity index (χ1v) is 8.48. The van der Waals surface area contributed by atoms with Crippen molar-refractivity contribution in [2.24, 2.45) is 0 Å². The highest BCUT2D eigenvalue weighted by molar-refractivity contribution is 7.99. The van der Waals surface area contributed by atoms with Crippen molar-refractivity contribution in [1.82, 2.24) is 15.2 Å². The zero-order valence-corrected chi connectivity index (χ0v) is 14.4. The van der Waals surface area contributed by atoms with Crippen LogP contribution in [-0.4, -0.2) is 26.8 Å². The zero-order chi connectivity index (χ0) is 16.9. The van der Waals surface area contributed by atoms with Gasteiger partial charge in [-0.25, -0.2) is 0 Å². The Bertz CT molecular complexity index is 858. The highest BCUT2D eigenvalue weighted by Crippen LogP contribution is 2.30. The molecule has 0 unspecified atom stereocenters. The predicted octanol–water partition coefficient (Wildman–Crippen LogP) is 4.17. The molecule has 0 aliphatic heterocycles. The molecule has 0 atom stereocenters. The topological polar surface area (TPSA) is 80.9 Å². The lowest BCUT2D eigenvalue weighted by molar-refractivity contribution is -0.113. The average Bonchev–Trinajstić information content (AvgIpc) is 3.07. The number of thioether (sulfide) groups is 1. The molecule has 24 heavy (non-hydrogen) atoms. The van der Waals surface area contributed by atoms with Gasteiger partial charge in [-0.1, -0.05) is 41.0 Å². The van der Waals surface area contributed by atoms with E-state index in [9.17, 15) is 4.79 Å². The minimum absolute atomic E-state index is 0.0980. The molecular formula is C15H10Cl2N4O2S. The summed E-state index contributed by atoms with van der Waals surface area (Å²) in [5.41, 5.74) is 1.22. The number of amides is 1. The number of nitrogens with one attached hydrogen (secondary N) is 1. The summed E-state index contributed by atoms with van der Waals surface area (Å²) in [6.45, 7) is 0. The molecule has 0 saturated heterocycles. The molecule has 0 saturated carbocycles. The van der Waals surface area contributed by atoms with Crippen molar-refractivity contribution in [2.75, 3.05) is 11.1 Å². The summed E-state index contributed by atoms with van der Waals surface area (Å²) in [5.74, 6) is 0.215. The maximum Gasteiger partial charge on any atom is 0.277 e. The lowest BCUT2D eigenvalue weighted by atomic mass is 10.3. The van der Waals surface area contributed by atoms with Gasteiger partial charge in [0.15, 0.2) is 0 Å². The highest BCUT2D eigenvalue weighted by atomic mass is 35.5. The Kier molecular flexibility index (Phi) is 5.34. The van der Waals surface area contributed by atoms with Crippen LogP contribution < -0.4 is 5.32 Å². The van der Waals surface area contributed by atoms with Gasteiger partial charge in [-0.05, 0) is 24.3 Å². The molecule has 0 aliphatic carbocycles. The fourth-order valence-electron chi connectivity index (χ4n) is 1.79. The van der Waals surface area contributed by atoms with Crippen LogP contribution in [0.1, 0.15) is 0 Å². The number of pyridine rings is 1. The van der Waals surface area contributed by atoms with E-state index < -0.39 is 0 Å². The molecule has 0 radical (unpaired) electrons. The van der Waals surface area contributed by atoms with Crippen molar-refractivity contribution in [3.63, 3.8) is 0 Å². The third-order valence-corrected chi connectivity index (χ3v) is 4.52. The Hall–Kier alpha value is -2.09. The minimum Gasteiger partial charge on any atom is -0.411 e. The molecule has 122 valence electrons. The van der Waals surface area contributed by atoms with E-state index in [1.807, 2.05) is 0 Å². The van der Waals surface area contributed by atoms with Crippen LogP contribution in [0.3, 0.4) is 0 Å². The van der Waals surface area contributed by atoms with Gasteiger partial charge in [0.05, 0.1) is 21.5 Å². The lowest BCUT2D eigenvalue weighted by Gasteiger charge is -2.07. The molecule has 1 N–H and O–H groups in total. The van der Waals surface area contributed by atoms with Crippen molar-refractivity contribution < 1.29 is 9.21 Å². The van der Waals surface area contributed by atoms with Crippen LogP contribution in [0, 0.1) is 0 Å². The standard InChI is InChI=1S/C15H10Cl2N4O2S/c16-10-2-1-3-11(13(10)17)19-12(22)8-24-15-21-20-14(23-15)9-4-6-18-7-5-9/h1-7H,8H2,(H,19,22). The normalized spacial score (nSPS) is 10.6. The van der Waals surface area contributed by atoms with Crippen LogP contribution in [0.2, 0.25) is 10.0 Å². The highest BCUT2D eigenvalue weighted by Gasteiger charge is 2.12. The van der Waals surface area contributed by atoms with Gasteiger partial charge in [0.25, 0.3) is 5.22 Å². The van der Waals surface area contributed by atoms with Crippen LogP contribution in [0.5, 0.6) is 0 Å². The third-order valence-electron chi connectivity index (χ3n) is 2.89. The van der Waals surface area contributed by atoms with E-state index >= 15 is 0 Å². The Morgan fingerprint density at radius 2 is 1.96 bits per heavy atom. The first-order valence-electron chi connectivity index (χ1n) is 6.74. The molecule has 0 aliphatic rings. The van der Waals surface area contributed by atoms with Gasteiger partial charge >= 0.3 is 0 Å². The summed E-state index contributed by atoms with van der Waals surface area (Å²) in [5, 5.41) is 11.5. The molecule has 3 rings (SSSR count). The molecule has 0 bridgehead atoms. The number of carbonyl (C=O) groups is 1. The molecule has 6 nitrogen and oxygen atoms in total. The quantitative estimate of drug-likeness (QED) is 0.668. The number of anilines is 1. The summed E-state index contributed by atoms with van der Waals surface area (Å²) in [6.07, 6.45) is 3.27. The number of aromatic nitrogens is 3. The van der Waals surface area contributed by atoms with Gasteiger partial charge in [-0.15, -0.1) is 10.2 Å². The fourth-order valence-corrected chi connectivity index (χ4v) is 2.70. The van der Waals surface area contributed by atoms with E-state index in [4.69, 9.17) is 27.6 Å². The van der Waals surface area contributed by atoms with E-state index in [1.165, 1.54) is 0 Å². The molecule has 1 amide bonds. The summed E-state index contributed by atoms with van der Waals surface area (Å²) < 4.78 is 5.50. The maximum absolute atomic E-state index is 12.0. The van der Waals surface area contributed by atoms with E-state index in [-0.39, 0.29) is 11.7 Å². The molecule has 0 spiro atoms. The van der Waals surface area contributed by atoms with Crippen LogP contribution in [-0.2, 0) is 4.79 Å². The van der Waals surface area contributed by atoms with Gasteiger partial charge < -0.3 is 9.73 Å². The second kappa shape index (κ2) is 7.65. The zero-order valence-electron chi connectivity index (χ0n) is 12.1. The van der Waals surface area contributed by atoms with E-state index in [2.05, 4.69) is 20.5 Å². The van der Waals surface area contributed by atoms with Gasteiger partial charge in [-0.3, -0.25) is 9.78 Å². The van der Waals surface area contributed by atoms with Crippen LogP contribution in [0.25, 0.3) is 11.5 Å². The number of hydrogen-bond donors (Lipinski definition) is 1. The van der Waals surface area contributed by atoms with Crippen molar-refractivity contribution >= 4 is 46.6 Å². The predicted molar refractivity (Wildman–Crippen MR) is 93.3 cm³/mol. The molecule has 2 heterocycles. The number of carbonyl (C=O) groups excluding carboxylic acids is 1. The summed E-state index contributed by atoms with van der Waals surface area (Å²) in [6, 6.07) is 8.54. The molecular weight excluding hydrogens is 371 g/mol. The molecule has 2 aromatic heterocycles. The van der Waals surface area contributed by atoms with Crippen molar-refractivity contribution in [3.8, 4) is 11.5 Å². The number of rotatable bonds is 5. The average molecular weight is 381 g/mol. The lowest BCUT2D eigenvalue weighted by Crippen LogP contribution is -2.14. The second-order valence-corrected chi connectivity index (χ2v) is 6.26. The molecule has 1 aromatic carbocycles. The van der Waals surface area contributed by atoms with Crippen LogP contribution >= 0.6 is 35.0 Å². The third kappa shape index (κ3) is 4.05. The number of hydrogen-bond acceptors (Lipinski definition) is 6. The Morgan fingerprint density at radius 1 is 1.17 bits per heavy atom. The van der Waals surface area contributed by atoms with Gasteiger partial charge in [0.2, 0.25) is 11.8 Å². The van der Waals surface area contributed by atoms with Gasteiger partial charge in [0, 0.05) is 18.0 Å². The smallest absolute Gasteiger partial charge is 0.277 e. The Labute approximate surface area is 151 Å². The van der Waals surface area contributed by atoms with E-state index in [1.54, 1.807) is 42.7 Å². The van der Waals surface area contributed by atoms with E-state index in [0.717, 1.165) is 17.3 Å². The van der Waals surface area contributed by atoms with Crippen LogP contribution in [0.15, 0.2) is 52.4 Å². The summed E-state index contributed by atoms with van der Waals surface area (Å²) in [7, 11) is 0. The Morgan fingerprint density at radius 3 is 2.75 bits per heavy atom. The fraction of sp³-hybridized carbons (Fsp3) is 0.0667. The van der Waals surface area contributed by atoms with Crippen LogP contribution in [0.4, 0.5) is 5.69 Å². The molecule has 0 fully saturated rings. The first-order chi connectivity index (χ1) is 11.6. The number of nitrogens with zero attached hydrogens (tertiary/aromatic N) is 3. The minimum atomic E-state index is -0.257. The number of halogens is 2. The largest absolute Gasteiger partial charge is 0.411 e. The van der Waals surface area contributed by atoms with Crippen molar-refractivity contribution in [1.29, 1.82) is 0 Å². The van der Waals surface area contributed by atoms with Crippen molar-refractivity contribution in [3.05, 3.63) is 52.8 Å². The van der Waals surface area contributed by atoms with Gasteiger partial charge in [-0.2, -0.15) is 0 Å². The number of benzene rings is 1. The van der Waals surface area contributed by atoms with E-state index in [0.29, 0.717) is 26.8 Å². The van der Waals surface area contributed by atoms with Gasteiger partial charge in [0.1, 0.15) is 0 Å². The molecule has 9 heteroatoms. The molecule has 3 aromatic rings. The monoisotopic (exact) mass is 380 g/mol. The maximum atomic E-state index is 12.0. The Balaban J connectivity index is 1.59. The second-order valence-electron chi connectivity index (χ2n) is 4.55. The van der Waals surface area contributed by atoms with Crippen molar-refractivity contribution in [2.45, 2.75) is 5.22 Å². The first kappa shape index (κ1) is 16.8. The SMILES string of the molecule is O=C(CSc1nnc(-c2ccncc2)o1)Nc1cccc(Cl)c1Cl. The summed E-state index contributed by atoms with van der Waals surface area (Å²) >= 11 is 13.1.